The number of nitrogens with one attached hydrogen (secondary N) is 2. The Bertz CT molecular complexity index is 1310. The number of halogens is 2. The summed E-state index contributed by atoms with van der Waals surface area (Å²) in [6, 6.07) is 4.30. The van der Waals surface area contributed by atoms with Crippen LogP contribution in [0, 0.1) is 6.92 Å². The first kappa shape index (κ1) is 21.5. The third kappa shape index (κ3) is 3.83. The minimum atomic E-state index is -2.84. The number of carbonyl (C=O) groups excluding carboxylic acids is 2. The lowest BCUT2D eigenvalue weighted by atomic mass is 10.2. The number of aryl methyl sites for hydroxylation is 1. The standard InChI is InChI=1S/C19H18F2N8O2S/c1-9-3-4-15(32-9)13-6-23-17-12(29-14(16(20)21)7-24-27-29)5-11(8-28(13)17)19(31)25-10(2)18(30)26-22/h3-8,10,16H,22H2,1-2H3,(H,25,31)(H,26,30)/t10-/m0/s1. The van der Waals surface area contributed by atoms with E-state index in [4.69, 9.17) is 5.84 Å². The maximum absolute atomic E-state index is 13.5. The van der Waals surface area contributed by atoms with Crippen LogP contribution in [0.3, 0.4) is 0 Å². The molecule has 0 radical (unpaired) electrons. The Kier molecular flexibility index (Phi) is 5.67. The van der Waals surface area contributed by atoms with Crippen molar-refractivity contribution in [2.75, 3.05) is 0 Å². The fourth-order valence-electron chi connectivity index (χ4n) is 3.15. The highest BCUT2D eigenvalue weighted by molar-refractivity contribution is 7.15. The van der Waals surface area contributed by atoms with Gasteiger partial charge in [-0.15, -0.1) is 16.4 Å². The van der Waals surface area contributed by atoms with E-state index in [1.54, 1.807) is 10.6 Å². The molecule has 10 nitrogen and oxygen atoms in total. The van der Waals surface area contributed by atoms with Gasteiger partial charge in [-0.25, -0.2) is 24.3 Å². The zero-order chi connectivity index (χ0) is 23.0. The number of thiophene rings is 1. The summed E-state index contributed by atoms with van der Waals surface area (Å²) in [6.07, 6.45) is 1.23. The molecule has 13 heteroatoms. The smallest absolute Gasteiger partial charge is 0.282 e. The van der Waals surface area contributed by atoms with Gasteiger partial charge in [-0.2, -0.15) is 0 Å². The van der Waals surface area contributed by atoms with E-state index in [1.807, 2.05) is 24.5 Å². The minimum absolute atomic E-state index is 0.104. The molecule has 1 atom stereocenters. The number of hydrogen-bond acceptors (Lipinski definition) is 7. The molecule has 0 aliphatic heterocycles. The molecule has 0 aliphatic rings. The fraction of sp³-hybridized carbons (Fsp3) is 0.211. The number of amides is 2. The van der Waals surface area contributed by atoms with Crippen LogP contribution < -0.4 is 16.6 Å². The molecule has 0 saturated heterocycles. The second-order valence-electron chi connectivity index (χ2n) is 6.94. The number of imidazole rings is 1. The van der Waals surface area contributed by atoms with Crippen LogP contribution in [0.15, 0.2) is 36.8 Å². The maximum atomic E-state index is 13.5. The van der Waals surface area contributed by atoms with Crippen LogP contribution in [0.5, 0.6) is 0 Å². The Labute approximate surface area is 184 Å². The molecule has 32 heavy (non-hydrogen) atoms. The lowest BCUT2D eigenvalue weighted by Gasteiger charge is -2.14. The third-order valence-electron chi connectivity index (χ3n) is 4.75. The first-order chi connectivity index (χ1) is 15.3. The summed E-state index contributed by atoms with van der Waals surface area (Å²) in [4.78, 5) is 30.9. The van der Waals surface area contributed by atoms with Crippen molar-refractivity contribution < 1.29 is 18.4 Å². The predicted molar refractivity (Wildman–Crippen MR) is 112 cm³/mol. The number of pyridine rings is 1. The van der Waals surface area contributed by atoms with Gasteiger partial charge >= 0.3 is 0 Å². The monoisotopic (exact) mass is 460 g/mol. The van der Waals surface area contributed by atoms with E-state index in [1.165, 1.54) is 30.5 Å². The maximum Gasteiger partial charge on any atom is 0.282 e. The van der Waals surface area contributed by atoms with Crippen molar-refractivity contribution in [2.24, 2.45) is 5.84 Å². The molecule has 4 aromatic rings. The lowest BCUT2D eigenvalue weighted by molar-refractivity contribution is -0.122. The van der Waals surface area contributed by atoms with Gasteiger partial charge in [0.2, 0.25) is 0 Å². The third-order valence-corrected chi connectivity index (χ3v) is 5.78. The van der Waals surface area contributed by atoms with Gasteiger partial charge in [0.25, 0.3) is 18.2 Å². The molecular weight excluding hydrogens is 442 g/mol. The highest BCUT2D eigenvalue weighted by Gasteiger charge is 2.23. The molecular formula is C19H18F2N8O2S. The average molecular weight is 460 g/mol. The number of hydrogen-bond donors (Lipinski definition) is 3. The van der Waals surface area contributed by atoms with Gasteiger partial charge in [-0.1, -0.05) is 5.21 Å². The largest absolute Gasteiger partial charge is 0.340 e. The average Bonchev–Trinajstić information content (AvgIpc) is 3.51. The van der Waals surface area contributed by atoms with E-state index in [2.05, 4.69) is 20.6 Å². The second kappa shape index (κ2) is 8.43. The predicted octanol–water partition coefficient (Wildman–Crippen LogP) is 2.00. The molecule has 0 aliphatic carbocycles. The van der Waals surface area contributed by atoms with Crippen molar-refractivity contribution >= 4 is 28.8 Å². The van der Waals surface area contributed by atoms with Crippen LogP contribution in [0.4, 0.5) is 8.78 Å². The first-order valence-electron chi connectivity index (χ1n) is 9.38. The van der Waals surface area contributed by atoms with Crippen LogP contribution in [0.2, 0.25) is 0 Å². The highest BCUT2D eigenvalue weighted by atomic mass is 32.1. The Morgan fingerprint density at radius 3 is 2.69 bits per heavy atom. The van der Waals surface area contributed by atoms with E-state index < -0.39 is 30.0 Å². The summed E-state index contributed by atoms with van der Waals surface area (Å²) in [5.74, 6) is 3.92. The van der Waals surface area contributed by atoms with Crippen molar-refractivity contribution in [3.05, 3.63) is 52.9 Å². The van der Waals surface area contributed by atoms with Gasteiger partial charge in [0.1, 0.15) is 17.4 Å². The first-order valence-corrected chi connectivity index (χ1v) is 10.2. The van der Waals surface area contributed by atoms with Gasteiger partial charge in [0.15, 0.2) is 5.65 Å². The molecule has 4 N–H and O–H groups in total. The van der Waals surface area contributed by atoms with Crippen molar-refractivity contribution in [3.63, 3.8) is 0 Å². The number of fused-ring (bicyclic) bond motifs is 1. The quantitative estimate of drug-likeness (QED) is 0.229. The van der Waals surface area contributed by atoms with E-state index in [0.717, 1.165) is 20.6 Å². The number of rotatable bonds is 6. The molecule has 4 heterocycles. The Balaban J connectivity index is 1.90. The van der Waals surface area contributed by atoms with Crippen molar-refractivity contribution in [1.29, 1.82) is 0 Å². The van der Waals surface area contributed by atoms with Crippen LogP contribution >= 0.6 is 11.3 Å². The molecule has 0 fully saturated rings. The fourth-order valence-corrected chi connectivity index (χ4v) is 4.03. The van der Waals surface area contributed by atoms with Crippen LogP contribution in [0.1, 0.15) is 34.3 Å². The van der Waals surface area contributed by atoms with E-state index in [9.17, 15) is 18.4 Å². The van der Waals surface area contributed by atoms with Gasteiger partial charge in [-0.05, 0) is 32.0 Å². The van der Waals surface area contributed by atoms with E-state index in [-0.39, 0.29) is 11.3 Å². The van der Waals surface area contributed by atoms with E-state index >= 15 is 0 Å². The van der Waals surface area contributed by atoms with Crippen molar-refractivity contribution in [2.45, 2.75) is 26.3 Å². The molecule has 0 unspecified atom stereocenters. The second-order valence-corrected chi connectivity index (χ2v) is 8.22. The summed E-state index contributed by atoms with van der Waals surface area (Å²) >= 11 is 1.52. The van der Waals surface area contributed by atoms with Crippen LogP contribution in [-0.2, 0) is 4.79 Å². The van der Waals surface area contributed by atoms with Crippen LogP contribution in [0.25, 0.3) is 21.9 Å². The molecule has 166 valence electrons. The molecule has 0 spiro atoms. The SMILES string of the molecule is Cc1ccc(-c2cnc3c(-n4nncc4C(F)F)cc(C(=O)N[C@@H](C)C(=O)NN)cn23)s1. The number of alkyl halides is 2. The summed E-state index contributed by atoms with van der Waals surface area (Å²) in [5, 5.41) is 9.87. The molecule has 0 saturated carbocycles. The molecule has 4 aromatic heterocycles. The number of nitrogens with two attached hydrogens (primary N) is 1. The van der Waals surface area contributed by atoms with Crippen molar-refractivity contribution in [1.82, 2.24) is 35.1 Å². The Morgan fingerprint density at radius 1 is 1.25 bits per heavy atom. The number of hydrazine groups is 1. The summed E-state index contributed by atoms with van der Waals surface area (Å²) in [7, 11) is 0. The van der Waals surface area contributed by atoms with Crippen LogP contribution in [-0.4, -0.2) is 42.2 Å². The number of carbonyl (C=O) groups is 2. The van der Waals surface area contributed by atoms with Gasteiger partial charge in [-0.3, -0.25) is 19.4 Å². The van der Waals surface area contributed by atoms with Gasteiger partial charge in [0.05, 0.1) is 28.5 Å². The molecule has 4 rings (SSSR count). The Morgan fingerprint density at radius 2 is 2.03 bits per heavy atom. The lowest BCUT2D eigenvalue weighted by Crippen LogP contribution is -2.47. The molecule has 0 aromatic carbocycles. The zero-order valence-electron chi connectivity index (χ0n) is 16.9. The highest BCUT2D eigenvalue weighted by Crippen LogP contribution is 2.31. The normalized spacial score (nSPS) is 12.3. The van der Waals surface area contributed by atoms with E-state index in [0.29, 0.717) is 11.3 Å². The Hall–Kier alpha value is -3.71. The minimum Gasteiger partial charge on any atom is -0.340 e. The van der Waals surface area contributed by atoms with Gasteiger partial charge in [0, 0.05) is 11.1 Å². The summed E-state index contributed by atoms with van der Waals surface area (Å²) < 4.78 is 29.6. The summed E-state index contributed by atoms with van der Waals surface area (Å²) in [6.45, 7) is 3.42. The molecule has 0 bridgehead atoms. The zero-order valence-corrected chi connectivity index (χ0v) is 17.7. The number of nitrogens with zero attached hydrogens (tertiary/aromatic N) is 5. The van der Waals surface area contributed by atoms with Gasteiger partial charge < -0.3 is 5.32 Å². The molecule has 2 amide bonds. The van der Waals surface area contributed by atoms with Crippen molar-refractivity contribution in [3.8, 4) is 16.3 Å². The topological polar surface area (TPSA) is 132 Å². The number of aromatic nitrogens is 5. The summed E-state index contributed by atoms with van der Waals surface area (Å²) in [5.41, 5.74) is 2.73.